The lowest BCUT2D eigenvalue weighted by atomic mass is 10.1. The van der Waals surface area contributed by atoms with Crippen LogP contribution < -0.4 is 5.32 Å². The number of anilines is 1. The van der Waals surface area contributed by atoms with Crippen LogP contribution >= 0.6 is 0 Å². The van der Waals surface area contributed by atoms with E-state index in [1.807, 2.05) is 6.92 Å². The third-order valence-corrected chi connectivity index (χ3v) is 7.37. The number of piperidine rings is 1. The lowest BCUT2D eigenvalue weighted by Crippen LogP contribution is -2.42. The average molecular weight is 415 g/mol. The van der Waals surface area contributed by atoms with Gasteiger partial charge in [-0.05, 0) is 63.4 Å². The summed E-state index contributed by atoms with van der Waals surface area (Å²) >= 11 is 0. The van der Waals surface area contributed by atoms with Crippen LogP contribution in [0.2, 0.25) is 0 Å². The number of carbonyl (C=O) groups is 2. The van der Waals surface area contributed by atoms with Crippen molar-refractivity contribution in [2.75, 3.05) is 11.9 Å². The molecule has 1 unspecified atom stereocenters. The van der Waals surface area contributed by atoms with Gasteiger partial charge in [-0.3, -0.25) is 9.59 Å². The van der Waals surface area contributed by atoms with Gasteiger partial charge in [0.1, 0.15) is 0 Å². The number of amides is 1. The van der Waals surface area contributed by atoms with Gasteiger partial charge in [0.25, 0.3) is 5.91 Å². The lowest BCUT2D eigenvalue weighted by molar-refractivity contribution is 0.101. The van der Waals surface area contributed by atoms with Gasteiger partial charge in [-0.2, -0.15) is 4.31 Å². The van der Waals surface area contributed by atoms with Crippen molar-refractivity contribution in [3.05, 3.63) is 59.2 Å². The molecule has 1 N–H and O–H groups in total. The van der Waals surface area contributed by atoms with E-state index in [9.17, 15) is 18.0 Å². The number of carbonyl (C=O) groups excluding carboxylic acids is 2. The number of aryl methyl sites for hydroxylation is 1. The van der Waals surface area contributed by atoms with Crippen molar-refractivity contribution in [3.8, 4) is 0 Å². The molecule has 1 atom stereocenters. The first-order chi connectivity index (χ1) is 13.7. The molecule has 0 spiro atoms. The van der Waals surface area contributed by atoms with Gasteiger partial charge in [0, 0.05) is 23.7 Å². The van der Waals surface area contributed by atoms with Crippen LogP contribution in [0.3, 0.4) is 0 Å². The molecule has 2 aromatic rings. The number of hydrogen-bond donors (Lipinski definition) is 1. The number of para-hydroxylation sites is 1. The standard InChI is InChI=1S/C22H26N2O4S/c1-15-11-12-18(29(27,28)24-13-7-6-8-16(24)2)14-20(15)22(26)23-21-10-5-4-9-19(21)17(3)25/h4-5,9-12,14,16H,6-8,13H2,1-3H3,(H,23,26). The number of nitrogens with one attached hydrogen (secondary N) is 1. The number of ketones is 1. The molecule has 3 rings (SSSR count). The quantitative estimate of drug-likeness (QED) is 0.749. The molecule has 7 heteroatoms. The Bertz CT molecular complexity index is 1050. The lowest BCUT2D eigenvalue weighted by Gasteiger charge is -2.32. The zero-order valence-corrected chi connectivity index (χ0v) is 17.8. The van der Waals surface area contributed by atoms with Crippen molar-refractivity contribution in [2.24, 2.45) is 0 Å². The number of nitrogens with zero attached hydrogens (tertiary/aromatic N) is 1. The van der Waals surface area contributed by atoms with Crippen LogP contribution in [-0.2, 0) is 10.0 Å². The zero-order chi connectivity index (χ0) is 21.2. The van der Waals surface area contributed by atoms with Crippen LogP contribution in [0.25, 0.3) is 0 Å². The number of sulfonamides is 1. The molecule has 1 saturated heterocycles. The fraction of sp³-hybridized carbons (Fsp3) is 0.364. The third kappa shape index (κ3) is 4.41. The van der Waals surface area contributed by atoms with E-state index in [0.717, 1.165) is 19.3 Å². The Morgan fingerprint density at radius 3 is 2.48 bits per heavy atom. The van der Waals surface area contributed by atoms with E-state index < -0.39 is 15.9 Å². The van der Waals surface area contributed by atoms with Gasteiger partial charge in [-0.15, -0.1) is 0 Å². The van der Waals surface area contributed by atoms with Crippen LogP contribution in [0.1, 0.15) is 59.4 Å². The van der Waals surface area contributed by atoms with Crippen molar-refractivity contribution in [1.82, 2.24) is 4.31 Å². The molecule has 0 radical (unpaired) electrons. The third-order valence-electron chi connectivity index (χ3n) is 5.36. The van der Waals surface area contributed by atoms with Crippen molar-refractivity contribution in [1.29, 1.82) is 0 Å². The molecule has 1 aliphatic heterocycles. The molecule has 6 nitrogen and oxygen atoms in total. The second kappa shape index (κ2) is 8.47. The number of Topliss-reactive ketones (excluding diaryl/α,β-unsaturated/α-hetero) is 1. The van der Waals surface area contributed by atoms with Gasteiger partial charge in [-0.25, -0.2) is 8.42 Å². The molecular formula is C22H26N2O4S. The van der Waals surface area contributed by atoms with Crippen LogP contribution in [0.15, 0.2) is 47.4 Å². The fourth-order valence-corrected chi connectivity index (χ4v) is 5.39. The van der Waals surface area contributed by atoms with Gasteiger partial charge in [0.05, 0.1) is 10.6 Å². The summed E-state index contributed by atoms with van der Waals surface area (Å²) in [4.78, 5) is 24.8. The summed E-state index contributed by atoms with van der Waals surface area (Å²) in [5.74, 6) is -0.604. The van der Waals surface area contributed by atoms with Crippen LogP contribution in [0.5, 0.6) is 0 Å². The Morgan fingerprint density at radius 2 is 1.79 bits per heavy atom. The van der Waals surface area contributed by atoms with Crippen LogP contribution in [0, 0.1) is 6.92 Å². The second-order valence-corrected chi connectivity index (χ2v) is 9.38. The van der Waals surface area contributed by atoms with Crippen LogP contribution in [0.4, 0.5) is 5.69 Å². The number of benzene rings is 2. The SMILES string of the molecule is CC(=O)c1ccccc1NC(=O)c1cc(S(=O)(=O)N2CCCCC2C)ccc1C. The molecule has 2 aromatic carbocycles. The van der Waals surface area contributed by atoms with Gasteiger partial charge in [0.2, 0.25) is 10.0 Å². The molecule has 0 aliphatic carbocycles. The van der Waals surface area contributed by atoms with E-state index in [-0.39, 0.29) is 22.3 Å². The predicted molar refractivity (Wildman–Crippen MR) is 113 cm³/mol. The molecule has 0 saturated carbocycles. The summed E-state index contributed by atoms with van der Waals surface area (Å²) in [5, 5.41) is 2.75. The largest absolute Gasteiger partial charge is 0.321 e. The normalized spacial score (nSPS) is 17.7. The molecule has 0 bridgehead atoms. The van der Waals surface area contributed by atoms with E-state index in [1.165, 1.54) is 17.3 Å². The molecule has 1 fully saturated rings. The highest BCUT2D eigenvalue weighted by Gasteiger charge is 2.31. The predicted octanol–water partition coefficient (Wildman–Crippen LogP) is 4.01. The highest BCUT2D eigenvalue weighted by Crippen LogP contribution is 2.27. The molecule has 154 valence electrons. The van der Waals surface area contributed by atoms with E-state index in [1.54, 1.807) is 43.3 Å². The molecule has 1 aliphatic rings. The fourth-order valence-electron chi connectivity index (χ4n) is 3.66. The van der Waals surface area contributed by atoms with Gasteiger partial charge in [0.15, 0.2) is 5.78 Å². The topological polar surface area (TPSA) is 83.5 Å². The minimum absolute atomic E-state index is 0.0604. The van der Waals surface area contributed by atoms with E-state index in [0.29, 0.717) is 23.4 Å². The molecule has 0 aromatic heterocycles. The Morgan fingerprint density at radius 1 is 1.07 bits per heavy atom. The van der Waals surface area contributed by atoms with Crippen molar-refractivity contribution < 1.29 is 18.0 Å². The van der Waals surface area contributed by atoms with E-state index in [2.05, 4.69) is 5.32 Å². The summed E-state index contributed by atoms with van der Waals surface area (Å²) < 4.78 is 27.8. The maximum atomic E-state index is 13.1. The molecular weight excluding hydrogens is 388 g/mol. The molecule has 1 amide bonds. The van der Waals surface area contributed by atoms with E-state index in [4.69, 9.17) is 0 Å². The van der Waals surface area contributed by atoms with Crippen molar-refractivity contribution >= 4 is 27.4 Å². The van der Waals surface area contributed by atoms with Crippen LogP contribution in [-0.4, -0.2) is 37.0 Å². The van der Waals surface area contributed by atoms with Crippen molar-refractivity contribution in [3.63, 3.8) is 0 Å². The summed E-state index contributed by atoms with van der Waals surface area (Å²) in [6, 6.07) is 11.3. The summed E-state index contributed by atoms with van der Waals surface area (Å²) in [5.41, 5.74) is 1.74. The zero-order valence-electron chi connectivity index (χ0n) is 16.9. The van der Waals surface area contributed by atoms with Gasteiger partial charge >= 0.3 is 0 Å². The first-order valence-corrected chi connectivity index (χ1v) is 11.2. The minimum atomic E-state index is -3.68. The van der Waals surface area contributed by atoms with Gasteiger partial charge in [-0.1, -0.05) is 24.6 Å². The first-order valence-electron chi connectivity index (χ1n) is 9.75. The van der Waals surface area contributed by atoms with Gasteiger partial charge < -0.3 is 5.32 Å². The highest BCUT2D eigenvalue weighted by atomic mass is 32.2. The van der Waals surface area contributed by atoms with Crippen molar-refractivity contribution in [2.45, 2.75) is 51.0 Å². The Hall–Kier alpha value is -2.51. The average Bonchev–Trinajstić information content (AvgIpc) is 2.68. The molecule has 29 heavy (non-hydrogen) atoms. The maximum absolute atomic E-state index is 13.1. The summed E-state index contributed by atoms with van der Waals surface area (Å²) in [6.07, 6.45) is 2.69. The Kier molecular flexibility index (Phi) is 6.19. The Labute approximate surface area is 172 Å². The van der Waals surface area contributed by atoms with E-state index >= 15 is 0 Å². The second-order valence-electron chi connectivity index (χ2n) is 7.49. The number of rotatable bonds is 5. The minimum Gasteiger partial charge on any atom is -0.321 e. The maximum Gasteiger partial charge on any atom is 0.255 e. The Balaban J connectivity index is 1.93. The smallest absolute Gasteiger partial charge is 0.255 e. The summed E-state index contributed by atoms with van der Waals surface area (Å²) in [6.45, 7) is 5.59. The monoisotopic (exact) mass is 414 g/mol. The summed E-state index contributed by atoms with van der Waals surface area (Å²) in [7, 11) is -3.68. The molecule has 1 heterocycles. The number of hydrogen-bond acceptors (Lipinski definition) is 4. The highest BCUT2D eigenvalue weighted by molar-refractivity contribution is 7.89. The first kappa shape index (κ1) is 21.2.